The van der Waals surface area contributed by atoms with E-state index in [1.54, 1.807) is 12.2 Å². The minimum Gasteiger partial charge on any atom is -0.462 e. The summed E-state index contributed by atoms with van der Waals surface area (Å²) in [7, 11) is -4.61. The average Bonchev–Trinajstić information content (AvgIpc) is 3.18. The lowest BCUT2D eigenvalue weighted by molar-refractivity contribution is -0.297. The fourth-order valence-electron chi connectivity index (χ4n) is 6.75. The van der Waals surface area contributed by atoms with Gasteiger partial charge in [-0.05, 0) is 44.9 Å². The Morgan fingerprint density at radius 3 is 1.64 bits per heavy atom. The first-order chi connectivity index (χ1) is 28.0. The van der Waals surface area contributed by atoms with Gasteiger partial charge in [0.05, 0.1) is 6.61 Å². The van der Waals surface area contributed by atoms with Crippen LogP contribution in [0.2, 0.25) is 0 Å². The summed E-state index contributed by atoms with van der Waals surface area (Å²) in [6.45, 7) is 3.64. The summed E-state index contributed by atoms with van der Waals surface area (Å²) in [5.41, 5.74) is 0. The van der Waals surface area contributed by atoms with Crippen LogP contribution in [-0.4, -0.2) is 96.0 Å². The molecule has 0 aliphatic carbocycles. The third kappa shape index (κ3) is 30.0. The Morgan fingerprint density at radius 2 is 1.10 bits per heavy atom. The molecule has 1 aliphatic rings. The molecule has 0 aromatic rings. The van der Waals surface area contributed by atoms with Crippen LogP contribution in [-0.2, 0) is 38.7 Å². The maximum atomic E-state index is 12.7. The number of aliphatic hydroxyl groups is 3. The molecule has 4 N–H and O–H groups in total. The zero-order chi connectivity index (χ0) is 42.7. The Kier molecular flexibility index (Phi) is 33.1. The van der Waals surface area contributed by atoms with E-state index in [0.717, 1.165) is 51.4 Å². The molecule has 6 atom stereocenters. The molecule has 1 saturated heterocycles. The first-order valence-corrected chi connectivity index (χ1v) is 24.2. The summed E-state index contributed by atoms with van der Waals surface area (Å²) < 4.78 is 53.8. The highest BCUT2D eigenvalue weighted by Crippen LogP contribution is 2.24. The molecule has 1 heterocycles. The van der Waals surface area contributed by atoms with Crippen molar-refractivity contribution >= 4 is 22.1 Å². The molecule has 1 fully saturated rings. The number of hydrogen-bond acceptors (Lipinski definition) is 11. The van der Waals surface area contributed by atoms with Crippen molar-refractivity contribution in [3.8, 4) is 0 Å². The lowest BCUT2D eigenvalue weighted by Crippen LogP contribution is -2.60. The highest BCUT2D eigenvalue weighted by atomic mass is 32.2. The van der Waals surface area contributed by atoms with E-state index in [0.29, 0.717) is 6.42 Å². The van der Waals surface area contributed by atoms with E-state index >= 15 is 0 Å². The molecular formula is C45H80O12S. The monoisotopic (exact) mass is 845 g/mol. The Hall–Kier alpha value is -2.13. The van der Waals surface area contributed by atoms with Crippen LogP contribution in [0.15, 0.2) is 36.5 Å². The molecule has 0 bridgehead atoms. The third-order valence-corrected chi connectivity index (χ3v) is 11.0. The van der Waals surface area contributed by atoms with Gasteiger partial charge in [0.25, 0.3) is 10.1 Å². The van der Waals surface area contributed by atoms with Gasteiger partial charge in [0.2, 0.25) is 0 Å². The first-order valence-electron chi connectivity index (χ1n) is 22.6. The molecule has 0 saturated carbocycles. The van der Waals surface area contributed by atoms with Gasteiger partial charge in [0.1, 0.15) is 36.8 Å². The van der Waals surface area contributed by atoms with Crippen molar-refractivity contribution in [1.29, 1.82) is 0 Å². The minimum absolute atomic E-state index is 0.195. The highest BCUT2D eigenvalue weighted by molar-refractivity contribution is 7.85. The predicted octanol–water partition coefficient (Wildman–Crippen LogP) is 9.00. The van der Waals surface area contributed by atoms with Crippen molar-refractivity contribution in [1.82, 2.24) is 0 Å². The van der Waals surface area contributed by atoms with E-state index in [4.69, 9.17) is 18.9 Å². The van der Waals surface area contributed by atoms with Gasteiger partial charge in [-0.3, -0.25) is 9.35 Å². The van der Waals surface area contributed by atoms with Crippen LogP contribution in [0, 0.1) is 0 Å². The van der Waals surface area contributed by atoms with Crippen molar-refractivity contribution < 1.29 is 56.8 Å². The lowest BCUT2D eigenvalue weighted by Gasteiger charge is -2.40. The zero-order valence-electron chi connectivity index (χ0n) is 35.9. The largest absolute Gasteiger partial charge is 0.462 e. The predicted molar refractivity (Wildman–Crippen MR) is 229 cm³/mol. The molecule has 12 nitrogen and oxygen atoms in total. The third-order valence-electron chi connectivity index (χ3n) is 10.3. The second-order valence-electron chi connectivity index (χ2n) is 15.8. The van der Waals surface area contributed by atoms with Gasteiger partial charge in [0, 0.05) is 12.5 Å². The fourth-order valence-corrected chi connectivity index (χ4v) is 7.45. The van der Waals surface area contributed by atoms with Crippen LogP contribution in [0.25, 0.3) is 0 Å². The number of allylic oxidation sites excluding steroid dienone is 5. The standard InChI is InChI=1S/C45H80O12S/c1-3-5-7-9-11-13-15-17-19-21-23-25-27-29-31-33-40(46)54-35-38(36-55-45-44(50)43(49)42(48)39(57-45)37-58(51,52)53)56-41(47)34-32-30-28-26-24-22-20-18-16-14-12-10-8-6-4-2/h13,15,28,30,32,34,38-39,42-45,48-50H,3-12,14,16-27,29,31,33,35-37H2,1-2H3,(H,51,52,53)/b15-13+,30-28+,34-32+/t38-,39-,42-,43?,44?,45+/m1/s1. The quantitative estimate of drug-likeness (QED) is 0.0116. The number of carbonyl (C=O) groups excluding carboxylic acids is 2. The molecule has 0 aromatic heterocycles. The fraction of sp³-hybridized carbons (Fsp3) is 0.822. The number of ether oxygens (including phenoxy) is 4. The molecular weight excluding hydrogens is 765 g/mol. The van der Waals surface area contributed by atoms with E-state index in [9.17, 15) is 37.9 Å². The minimum atomic E-state index is -4.61. The molecule has 13 heteroatoms. The topological polar surface area (TPSA) is 186 Å². The van der Waals surface area contributed by atoms with Crippen molar-refractivity contribution in [2.45, 2.75) is 218 Å². The smallest absolute Gasteiger partial charge is 0.331 e. The molecule has 0 amide bonds. The average molecular weight is 845 g/mol. The number of unbranched alkanes of at least 4 members (excludes halogenated alkanes) is 22. The van der Waals surface area contributed by atoms with E-state index in [1.165, 1.54) is 109 Å². The van der Waals surface area contributed by atoms with E-state index < -0.39 is 71.2 Å². The number of rotatable bonds is 37. The normalized spacial score (nSPS) is 20.7. The van der Waals surface area contributed by atoms with Crippen molar-refractivity contribution in [2.75, 3.05) is 19.0 Å². The van der Waals surface area contributed by atoms with E-state index in [-0.39, 0.29) is 13.0 Å². The number of carbonyl (C=O) groups is 2. The SMILES string of the molecule is CCCCCC/C=C/CCCCCCCCCC(=O)OC[C@H](CO[C@H]1O[C@H](CS(=O)(=O)O)[C@@H](O)C(O)C1O)OC(=O)/C=C/C=C/CCCCCCCCCCCCC. The molecule has 2 unspecified atom stereocenters. The summed E-state index contributed by atoms with van der Waals surface area (Å²) in [6.07, 6.45) is 31.1. The van der Waals surface area contributed by atoms with Gasteiger partial charge >= 0.3 is 11.9 Å². The maximum absolute atomic E-state index is 12.7. The highest BCUT2D eigenvalue weighted by Gasteiger charge is 2.46. The van der Waals surface area contributed by atoms with Gasteiger partial charge < -0.3 is 34.3 Å². The summed E-state index contributed by atoms with van der Waals surface area (Å²) >= 11 is 0. The Balaban J connectivity index is 2.50. The lowest BCUT2D eigenvalue weighted by atomic mass is 10.00. The first kappa shape index (κ1) is 53.9. The number of hydrogen-bond donors (Lipinski definition) is 4. The molecule has 338 valence electrons. The van der Waals surface area contributed by atoms with Crippen LogP contribution >= 0.6 is 0 Å². The Bertz CT molecular complexity index is 1220. The Labute approximate surface area is 351 Å². The molecule has 0 spiro atoms. The molecule has 1 aliphatic heterocycles. The summed E-state index contributed by atoms with van der Waals surface area (Å²) in [4.78, 5) is 25.3. The van der Waals surface area contributed by atoms with E-state index in [1.807, 2.05) is 6.08 Å². The molecule has 1 rings (SSSR count). The summed E-state index contributed by atoms with van der Waals surface area (Å²) in [5.74, 6) is -2.25. The van der Waals surface area contributed by atoms with Crippen LogP contribution < -0.4 is 0 Å². The number of esters is 2. The van der Waals surface area contributed by atoms with Gasteiger partial charge in [-0.1, -0.05) is 160 Å². The van der Waals surface area contributed by atoms with Crippen molar-refractivity contribution in [3.63, 3.8) is 0 Å². The van der Waals surface area contributed by atoms with Crippen molar-refractivity contribution in [2.24, 2.45) is 0 Å². The molecule has 58 heavy (non-hydrogen) atoms. The van der Waals surface area contributed by atoms with Crippen LogP contribution in [0.1, 0.15) is 181 Å². The van der Waals surface area contributed by atoms with Crippen LogP contribution in [0.3, 0.4) is 0 Å². The maximum Gasteiger partial charge on any atom is 0.331 e. The zero-order valence-corrected chi connectivity index (χ0v) is 36.7. The molecule has 0 radical (unpaired) electrons. The molecule has 0 aromatic carbocycles. The Morgan fingerprint density at radius 1 is 0.621 bits per heavy atom. The van der Waals surface area contributed by atoms with Gasteiger partial charge in [-0.25, -0.2) is 4.79 Å². The van der Waals surface area contributed by atoms with Crippen molar-refractivity contribution in [3.05, 3.63) is 36.5 Å². The summed E-state index contributed by atoms with van der Waals surface area (Å²) in [5, 5.41) is 30.8. The van der Waals surface area contributed by atoms with Gasteiger partial charge in [0.15, 0.2) is 12.4 Å². The van der Waals surface area contributed by atoms with Gasteiger partial charge in [-0.15, -0.1) is 0 Å². The van der Waals surface area contributed by atoms with Gasteiger partial charge in [-0.2, -0.15) is 8.42 Å². The number of aliphatic hydroxyl groups excluding tert-OH is 3. The van der Waals surface area contributed by atoms with E-state index in [2.05, 4.69) is 26.0 Å². The van der Waals surface area contributed by atoms with Crippen LogP contribution in [0.5, 0.6) is 0 Å². The summed E-state index contributed by atoms with van der Waals surface area (Å²) in [6, 6.07) is 0. The second kappa shape index (κ2) is 35.6. The van der Waals surface area contributed by atoms with Crippen LogP contribution in [0.4, 0.5) is 0 Å². The second-order valence-corrected chi connectivity index (χ2v) is 17.3.